The molecule has 0 spiro atoms. The maximum absolute atomic E-state index is 13.1. The van der Waals surface area contributed by atoms with Crippen LogP contribution in [-0.4, -0.2) is 8.42 Å². The molecule has 1 aliphatic rings. The van der Waals surface area contributed by atoms with Crippen molar-refractivity contribution in [2.45, 2.75) is 24.8 Å². The highest BCUT2D eigenvalue weighted by atomic mass is 32.2. The van der Waals surface area contributed by atoms with Crippen LogP contribution in [0.15, 0.2) is 71.6 Å². The lowest BCUT2D eigenvalue weighted by atomic mass is 9.95. The molecule has 0 unspecified atom stereocenters. The van der Waals surface area contributed by atoms with E-state index in [0.29, 0.717) is 16.4 Å². The molecule has 0 saturated carbocycles. The first-order chi connectivity index (χ1) is 12.5. The number of hydrogen-bond acceptors (Lipinski definition) is 3. The second-order valence-corrected chi connectivity index (χ2v) is 8.18. The van der Waals surface area contributed by atoms with Crippen molar-refractivity contribution in [2.24, 2.45) is 0 Å². The third-order valence-corrected chi connectivity index (χ3v) is 6.15. The second-order valence-electron chi connectivity index (χ2n) is 6.50. The fourth-order valence-corrected chi connectivity index (χ4v) is 4.78. The van der Waals surface area contributed by atoms with Crippen LogP contribution in [0.1, 0.15) is 28.3 Å². The number of fused-ring (bicyclic) bond motifs is 2. The van der Waals surface area contributed by atoms with Gasteiger partial charge in [-0.15, -0.1) is 0 Å². The Hall–Kier alpha value is -2.63. The van der Waals surface area contributed by atoms with Crippen LogP contribution in [0, 0.1) is 13.8 Å². The third kappa shape index (κ3) is 2.89. The van der Waals surface area contributed by atoms with Crippen molar-refractivity contribution in [2.75, 3.05) is 0 Å². The fraction of sp³-hybridized carbons (Fsp3) is 0.143. The molecule has 0 atom stereocenters. The summed E-state index contributed by atoms with van der Waals surface area (Å²) in [5.41, 5.74) is 3.24. The summed E-state index contributed by atoms with van der Waals surface area (Å²) in [5.74, 6) is 1.33. The molecule has 0 aromatic heterocycles. The fourth-order valence-electron chi connectivity index (χ4n) is 3.25. The molecule has 0 saturated heterocycles. The van der Waals surface area contributed by atoms with Crippen LogP contribution < -0.4 is 9.46 Å². The van der Waals surface area contributed by atoms with Crippen LogP contribution in [0.3, 0.4) is 0 Å². The third-order valence-electron chi connectivity index (χ3n) is 4.59. The minimum Gasteiger partial charge on any atom is -0.457 e. The summed E-state index contributed by atoms with van der Waals surface area (Å²) in [6, 6.07) is 20.0. The lowest BCUT2D eigenvalue weighted by Crippen LogP contribution is -2.31. The zero-order valence-corrected chi connectivity index (χ0v) is 15.4. The standard InChI is InChI=1S/C21H19NO3S/c1-14-11-12-15(2)20(13-14)26(23,24)22-21-16-7-3-5-9-18(16)25-19-10-6-4-8-17(19)21/h3-13,21-22H,1-2H3. The number of rotatable bonds is 3. The first kappa shape index (κ1) is 16.8. The minimum absolute atomic E-state index is 0.305. The van der Waals surface area contributed by atoms with Crippen molar-refractivity contribution in [3.63, 3.8) is 0 Å². The van der Waals surface area contributed by atoms with Crippen molar-refractivity contribution < 1.29 is 13.2 Å². The maximum atomic E-state index is 13.1. The summed E-state index contributed by atoms with van der Waals surface area (Å²) >= 11 is 0. The van der Waals surface area contributed by atoms with Gasteiger partial charge in [0.05, 0.1) is 10.9 Å². The molecule has 1 aliphatic heterocycles. The zero-order chi connectivity index (χ0) is 18.3. The normalized spacial score (nSPS) is 13.6. The van der Waals surface area contributed by atoms with Crippen molar-refractivity contribution >= 4 is 10.0 Å². The van der Waals surface area contributed by atoms with Crippen molar-refractivity contribution in [3.8, 4) is 11.5 Å². The van der Waals surface area contributed by atoms with E-state index in [-0.39, 0.29) is 0 Å². The van der Waals surface area contributed by atoms with E-state index in [4.69, 9.17) is 4.74 Å². The molecule has 26 heavy (non-hydrogen) atoms. The molecular weight excluding hydrogens is 346 g/mol. The van der Waals surface area contributed by atoms with Gasteiger partial charge >= 0.3 is 0 Å². The number of nitrogens with one attached hydrogen (secondary N) is 1. The Morgan fingerprint density at radius 1 is 0.846 bits per heavy atom. The smallest absolute Gasteiger partial charge is 0.241 e. The van der Waals surface area contributed by atoms with Crippen LogP contribution in [-0.2, 0) is 10.0 Å². The van der Waals surface area contributed by atoms with E-state index in [1.165, 1.54) is 0 Å². The van der Waals surface area contributed by atoms with Crippen molar-refractivity contribution in [3.05, 3.63) is 89.0 Å². The average Bonchev–Trinajstić information content (AvgIpc) is 2.63. The van der Waals surface area contributed by atoms with E-state index < -0.39 is 16.1 Å². The Labute approximate surface area is 153 Å². The Morgan fingerprint density at radius 2 is 1.42 bits per heavy atom. The topological polar surface area (TPSA) is 55.4 Å². The van der Waals surface area contributed by atoms with E-state index in [0.717, 1.165) is 22.3 Å². The maximum Gasteiger partial charge on any atom is 0.241 e. The highest BCUT2D eigenvalue weighted by molar-refractivity contribution is 7.89. The molecule has 4 rings (SSSR count). The van der Waals surface area contributed by atoms with Gasteiger partial charge in [0, 0.05) is 11.1 Å². The Balaban J connectivity index is 1.82. The molecule has 0 fully saturated rings. The van der Waals surface area contributed by atoms with Crippen LogP contribution in [0.2, 0.25) is 0 Å². The molecule has 4 nitrogen and oxygen atoms in total. The molecule has 0 bridgehead atoms. The highest BCUT2D eigenvalue weighted by Gasteiger charge is 2.31. The predicted molar refractivity (Wildman–Crippen MR) is 101 cm³/mol. The molecule has 3 aromatic rings. The first-order valence-corrected chi connectivity index (χ1v) is 9.89. The average molecular weight is 365 g/mol. The zero-order valence-electron chi connectivity index (χ0n) is 14.6. The summed E-state index contributed by atoms with van der Waals surface area (Å²) in [6.45, 7) is 3.69. The molecule has 0 radical (unpaired) electrons. The van der Waals surface area contributed by atoms with Crippen molar-refractivity contribution in [1.29, 1.82) is 0 Å². The summed E-state index contributed by atoms with van der Waals surface area (Å²) in [4.78, 5) is 0.305. The largest absolute Gasteiger partial charge is 0.457 e. The van der Waals surface area contributed by atoms with Crippen LogP contribution in [0.5, 0.6) is 11.5 Å². The van der Waals surface area contributed by atoms with Crippen LogP contribution in [0.25, 0.3) is 0 Å². The number of benzene rings is 3. The lowest BCUT2D eigenvalue weighted by molar-refractivity contribution is 0.440. The van der Waals surface area contributed by atoms with E-state index in [1.807, 2.05) is 67.6 Å². The van der Waals surface area contributed by atoms with Gasteiger partial charge < -0.3 is 4.74 Å². The monoisotopic (exact) mass is 365 g/mol. The molecule has 1 heterocycles. The Bertz CT molecular complexity index is 1040. The first-order valence-electron chi connectivity index (χ1n) is 8.41. The van der Waals surface area contributed by atoms with Gasteiger partial charge in [-0.25, -0.2) is 8.42 Å². The molecule has 0 amide bonds. The second kappa shape index (κ2) is 6.27. The van der Waals surface area contributed by atoms with Gasteiger partial charge in [0.2, 0.25) is 10.0 Å². The summed E-state index contributed by atoms with van der Waals surface area (Å²) < 4.78 is 35.1. The highest BCUT2D eigenvalue weighted by Crippen LogP contribution is 2.43. The summed E-state index contributed by atoms with van der Waals surface area (Å²) in [5, 5.41) is 0. The molecule has 132 valence electrons. The van der Waals surface area contributed by atoms with Gasteiger partial charge in [-0.1, -0.05) is 48.5 Å². The Morgan fingerprint density at radius 3 is 2.04 bits per heavy atom. The van der Waals surface area contributed by atoms with E-state index in [2.05, 4.69) is 4.72 Å². The molecular formula is C21H19NO3S. The van der Waals surface area contributed by atoms with Gasteiger partial charge in [0.15, 0.2) is 0 Å². The van der Waals surface area contributed by atoms with E-state index in [9.17, 15) is 8.42 Å². The van der Waals surface area contributed by atoms with Gasteiger partial charge in [0.1, 0.15) is 11.5 Å². The van der Waals surface area contributed by atoms with Gasteiger partial charge in [-0.3, -0.25) is 0 Å². The van der Waals surface area contributed by atoms with Gasteiger partial charge in [0.25, 0.3) is 0 Å². The minimum atomic E-state index is -3.70. The van der Waals surface area contributed by atoms with E-state index in [1.54, 1.807) is 13.0 Å². The SMILES string of the molecule is Cc1ccc(C)c(S(=O)(=O)NC2c3ccccc3Oc3ccccc32)c1. The van der Waals surface area contributed by atoms with Crippen LogP contribution in [0.4, 0.5) is 0 Å². The summed E-state index contributed by atoms with van der Waals surface area (Å²) in [6.07, 6.45) is 0. The number of aryl methyl sites for hydroxylation is 2. The van der Waals surface area contributed by atoms with E-state index >= 15 is 0 Å². The quantitative estimate of drug-likeness (QED) is 0.745. The lowest BCUT2D eigenvalue weighted by Gasteiger charge is -2.28. The Kier molecular flexibility index (Phi) is 4.05. The molecule has 1 N–H and O–H groups in total. The van der Waals surface area contributed by atoms with Crippen molar-refractivity contribution in [1.82, 2.24) is 4.72 Å². The number of ether oxygens (including phenoxy) is 1. The molecule has 3 aromatic carbocycles. The number of sulfonamides is 1. The van der Waals surface area contributed by atoms with Gasteiger partial charge in [-0.05, 0) is 43.2 Å². The number of hydrogen-bond donors (Lipinski definition) is 1. The number of para-hydroxylation sites is 2. The molecule has 5 heteroatoms. The summed E-state index contributed by atoms with van der Waals surface area (Å²) in [7, 11) is -3.70. The molecule has 0 aliphatic carbocycles. The van der Waals surface area contributed by atoms with Gasteiger partial charge in [-0.2, -0.15) is 4.72 Å². The predicted octanol–water partition coefficient (Wildman–Crippen LogP) is 4.48. The van der Waals surface area contributed by atoms with Crippen LogP contribution >= 0.6 is 0 Å².